The van der Waals surface area contributed by atoms with Crippen LogP contribution in [0.1, 0.15) is 9.67 Å². The molecule has 0 bridgehead atoms. The molecule has 0 spiro atoms. The van der Waals surface area contributed by atoms with Crippen LogP contribution in [0.3, 0.4) is 0 Å². The van der Waals surface area contributed by atoms with Crippen LogP contribution >= 0.6 is 23.1 Å². The lowest BCUT2D eigenvalue weighted by atomic mass is 10.1. The van der Waals surface area contributed by atoms with E-state index in [2.05, 4.69) is 4.37 Å². The molecular formula is C10H6ClNOS. The van der Waals surface area contributed by atoms with Crippen molar-refractivity contribution in [2.24, 2.45) is 0 Å². The third-order valence-electron chi connectivity index (χ3n) is 1.78. The molecule has 1 aromatic heterocycles. The van der Waals surface area contributed by atoms with Gasteiger partial charge in [0, 0.05) is 10.6 Å². The maximum atomic E-state index is 10.5. The van der Waals surface area contributed by atoms with Gasteiger partial charge in [0.2, 0.25) is 0 Å². The molecule has 0 atom stereocenters. The second-order valence-electron chi connectivity index (χ2n) is 2.74. The smallest absolute Gasteiger partial charge is 0.161 e. The summed E-state index contributed by atoms with van der Waals surface area (Å²) in [6, 6.07) is 9.13. The summed E-state index contributed by atoms with van der Waals surface area (Å²) in [4.78, 5) is 11.1. The van der Waals surface area contributed by atoms with Gasteiger partial charge in [-0.15, -0.1) is 0 Å². The Morgan fingerprint density at radius 1 is 1.29 bits per heavy atom. The lowest BCUT2D eigenvalue weighted by Crippen LogP contribution is -1.75. The first-order valence-corrected chi connectivity index (χ1v) is 5.12. The Kier molecular flexibility index (Phi) is 2.61. The molecule has 0 aliphatic rings. The quantitative estimate of drug-likeness (QED) is 0.732. The van der Waals surface area contributed by atoms with E-state index in [1.165, 1.54) is 11.5 Å². The van der Waals surface area contributed by atoms with Crippen LogP contribution in [0.15, 0.2) is 30.3 Å². The first-order valence-electron chi connectivity index (χ1n) is 3.97. The zero-order valence-electron chi connectivity index (χ0n) is 7.11. The summed E-state index contributed by atoms with van der Waals surface area (Å²) >= 11 is 6.96. The monoisotopic (exact) mass is 223 g/mol. The summed E-state index contributed by atoms with van der Waals surface area (Å²) in [5.41, 5.74) is 1.78. The molecule has 2 nitrogen and oxygen atoms in total. The van der Waals surface area contributed by atoms with Gasteiger partial charge in [-0.05, 0) is 29.7 Å². The molecule has 70 valence electrons. The van der Waals surface area contributed by atoms with E-state index in [1.54, 1.807) is 18.2 Å². The van der Waals surface area contributed by atoms with Crippen molar-refractivity contribution in [3.63, 3.8) is 0 Å². The normalized spacial score (nSPS) is 10.1. The molecule has 0 aliphatic heterocycles. The summed E-state index contributed by atoms with van der Waals surface area (Å²) < 4.78 is 4.15. The fourth-order valence-corrected chi connectivity index (χ4v) is 1.80. The Labute approximate surface area is 90.3 Å². The third kappa shape index (κ3) is 1.84. The number of benzene rings is 1. The molecular weight excluding hydrogens is 218 g/mol. The number of hydrogen-bond donors (Lipinski definition) is 0. The van der Waals surface area contributed by atoms with E-state index in [-0.39, 0.29) is 0 Å². The standard InChI is InChI=1S/C10H6ClNOS/c11-8-3-1-7(2-4-8)10-5-9(6-13)14-12-10/h1-6H. The molecule has 1 heterocycles. The number of aromatic nitrogens is 1. The van der Waals surface area contributed by atoms with E-state index in [4.69, 9.17) is 11.6 Å². The summed E-state index contributed by atoms with van der Waals surface area (Å²) in [5.74, 6) is 0. The minimum absolute atomic E-state index is 0.634. The van der Waals surface area contributed by atoms with E-state index >= 15 is 0 Å². The van der Waals surface area contributed by atoms with Crippen LogP contribution in [0.5, 0.6) is 0 Å². The average molecular weight is 224 g/mol. The highest BCUT2D eigenvalue weighted by Gasteiger charge is 2.03. The summed E-state index contributed by atoms with van der Waals surface area (Å²) in [6.45, 7) is 0. The minimum atomic E-state index is 0.634. The van der Waals surface area contributed by atoms with Gasteiger partial charge < -0.3 is 0 Å². The minimum Gasteiger partial charge on any atom is -0.297 e. The zero-order valence-corrected chi connectivity index (χ0v) is 8.68. The Hall–Kier alpha value is -1.19. The third-order valence-corrected chi connectivity index (χ3v) is 2.75. The molecule has 0 N–H and O–H groups in total. The van der Waals surface area contributed by atoms with Gasteiger partial charge >= 0.3 is 0 Å². The predicted octanol–water partition coefficient (Wildman–Crippen LogP) is 3.28. The first-order chi connectivity index (χ1) is 6.79. The van der Waals surface area contributed by atoms with Crippen molar-refractivity contribution < 1.29 is 4.79 Å². The van der Waals surface area contributed by atoms with Gasteiger partial charge in [-0.1, -0.05) is 23.7 Å². The van der Waals surface area contributed by atoms with E-state index < -0.39 is 0 Å². The molecule has 4 heteroatoms. The number of carbonyl (C=O) groups is 1. The van der Waals surface area contributed by atoms with Gasteiger partial charge in [0.25, 0.3) is 0 Å². The molecule has 0 saturated carbocycles. The zero-order chi connectivity index (χ0) is 9.97. The number of hydrogen-bond acceptors (Lipinski definition) is 3. The lowest BCUT2D eigenvalue weighted by molar-refractivity contribution is 0.112. The molecule has 0 amide bonds. The van der Waals surface area contributed by atoms with Crippen molar-refractivity contribution in [3.8, 4) is 11.3 Å². The van der Waals surface area contributed by atoms with Crippen LogP contribution in [0.25, 0.3) is 11.3 Å². The van der Waals surface area contributed by atoms with Gasteiger partial charge in [-0.25, -0.2) is 0 Å². The Morgan fingerprint density at radius 2 is 2.00 bits per heavy atom. The maximum Gasteiger partial charge on any atom is 0.161 e. The second kappa shape index (κ2) is 3.90. The Balaban J connectivity index is 2.39. The van der Waals surface area contributed by atoms with E-state index in [0.717, 1.165) is 17.5 Å². The highest BCUT2D eigenvalue weighted by molar-refractivity contribution is 7.07. The van der Waals surface area contributed by atoms with Crippen molar-refractivity contribution in [3.05, 3.63) is 40.2 Å². The van der Waals surface area contributed by atoms with Crippen molar-refractivity contribution in [2.45, 2.75) is 0 Å². The highest BCUT2D eigenvalue weighted by atomic mass is 35.5. The number of rotatable bonds is 2. The lowest BCUT2D eigenvalue weighted by Gasteiger charge is -1.94. The van der Waals surface area contributed by atoms with Crippen molar-refractivity contribution in [2.75, 3.05) is 0 Å². The van der Waals surface area contributed by atoms with Crippen LogP contribution in [0.2, 0.25) is 5.02 Å². The number of aldehydes is 1. The fourth-order valence-electron chi connectivity index (χ4n) is 1.10. The molecule has 0 radical (unpaired) electrons. The topological polar surface area (TPSA) is 30.0 Å². The number of carbonyl (C=O) groups excluding carboxylic acids is 1. The van der Waals surface area contributed by atoms with Gasteiger partial charge in [-0.2, -0.15) is 4.37 Å². The van der Waals surface area contributed by atoms with Crippen molar-refractivity contribution in [1.29, 1.82) is 0 Å². The first kappa shape index (κ1) is 9.37. The highest BCUT2D eigenvalue weighted by Crippen LogP contribution is 2.22. The summed E-state index contributed by atoms with van der Waals surface area (Å²) in [5, 5.41) is 0.694. The largest absolute Gasteiger partial charge is 0.297 e. The number of halogens is 1. The number of nitrogens with zero attached hydrogens (tertiary/aromatic N) is 1. The van der Waals surface area contributed by atoms with Crippen molar-refractivity contribution in [1.82, 2.24) is 4.37 Å². The fraction of sp³-hybridized carbons (Fsp3) is 0. The maximum absolute atomic E-state index is 10.5. The van der Waals surface area contributed by atoms with E-state index in [1.807, 2.05) is 12.1 Å². The SMILES string of the molecule is O=Cc1cc(-c2ccc(Cl)cc2)ns1. The van der Waals surface area contributed by atoms with Gasteiger partial charge in [0.05, 0.1) is 10.6 Å². The van der Waals surface area contributed by atoms with E-state index in [9.17, 15) is 4.79 Å². The second-order valence-corrected chi connectivity index (χ2v) is 4.01. The van der Waals surface area contributed by atoms with Gasteiger partial charge in [0.1, 0.15) is 0 Å². The average Bonchev–Trinajstić information content (AvgIpc) is 2.67. The molecule has 1 aromatic carbocycles. The van der Waals surface area contributed by atoms with Crippen LogP contribution < -0.4 is 0 Å². The van der Waals surface area contributed by atoms with Crippen LogP contribution in [-0.4, -0.2) is 10.7 Å². The van der Waals surface area contributed by atoms with Crippen molar-refractivity contribution >= 4 is 29.4 Å². The predicted molar refractivity (Wildman–Crippen MR) is 57.9 cm³/mol. The van der Waals surface area contributed by atoms with Crippen LogP contribution in [0, 0.1) is 0 Å². The molecule has 0 unspecified atom stereocenters. The Morgan fingerprint density at radius 3 is 2.57 bits per heavy atom. The van der Waals surface area contributed by atoms with E-state index in [0.29, 0.717) is 9.90 Å². The molecule has 0 aliphatic carbocycles. The molecule has 0 fully saturated rings. The molecule has 2 rings (SSSR count). The van der Waals surface area contributed by atoms with Crippen LogP contribution in [0.4, 0.5) is 0 Å². The Bertz CT molecular complexity index is 449. The van der Waals surface area contributed by atoms with Gasteiger partial charge in [-0.3, -0.25) is 4.79 Å². The van der Waals surface area contributed by atoms with Gasteiger partial charge in [0.15, 0.2) is 6.29 Å². The molecule has 14 heavy (non-hydrogen) atoms. The summed E-state index contributed by atoms with van der Waals surface area (Å²) in [6.07, 6.45) is 0.803. The summed E-state index contributed by atoms with van der Waals surface area (Å²) in [7, 11) is 0. The van der Waals surface area contributed by atoms with Crippen LogP contribution in [-0.2, 0) is 0 Å². The molecule has 2 aromatic rings. The molecule has 0 saturated heterocycles.